The zero-order chi connectivity index (χ0) is 18.5. The molecule has 0 atom stereocenters. The van der Waals surface area contributed by atoms with Gasteiger partial charge in [0.1, 0.15) is 23.3 Å². The van der Waals surface area contributed by atoms with Gasteiger partial charge in [0.05, 0.1) is 18.4 Å². The van der Waals surface area contributed by atoms with E-state index >= 15 is 0 Å². The lowest BCUT2D eigenvalue weighted by Crippen LogP contribution is -2.06. The molecule has 1 heterocycles. The number of carboxylic acids is 1. The van der Waals surface area contributed by atoms with Crippen LogP contribution in [-0.4, -0.2) is 17.7 Å². The third kappa shape index (κ3) is 4.03. The molecule has 2 aromatic carbocycles. The minimum absolute atomic E-state index is 0.0417. The predicted octanol–water partition coefficient (Wildman–Crippen LogP) is 4.00. The molecule has 0 saturated heterocycles. The first-order valence-corrected chi connectivity index (χ1v) is 8.24. The van der Waals surface area contributed by atoms with E-state index in [1.807, 2.05) is 25.1 Å². The van der Waals surface area contributed by atoms with Crippen LogP contribution in [0, 0.1) is 0 Å². The number of rotatable bonds is 7. The van der Waals surface area contributed by atoms with Gasteiger partial charge in [0, 0.05) is 6.07 Å². The Kier molecular flexibility index (Phi) is 5.22. The van der Waals surface area contributed by atoms with E-state index < -0.39 is 5.97 Å². The maximum absolute atomic E-state index is 12.6. The van der Waals surface area contributed by atoms with Crippen molar-refractivity contribution in [1.82, 2.24) is 0 Å². The average Bonchev–Trinajstić information content (AvgIpc) is 2.64. The molecule has 6 heteroatoms. The van der Waals surface area contributed by atoms with Crippen molar-refractivity contribution in [2.45, 2.75) is 19.8 Å². The fourth-order valence-electron chi connectivity index (χ4n) is 2.46. The number of hydrogen-bond acceptors (Lipinski definition) is 5. The molecule has 134 valence electrons. The third-order valence-corrected chi connectivity index (χ3v) is 3.83. The van der Waals surface area contributed by atoms with Gasteiger partial charge in [0.25, 0.3) is 0 Å². The van der Waals surface area contributed by atoms with E-state index in [9.17, 15) is 9.59 Å². The Morgan fingerprint density at radius 3 is 2.77 bits per heavy atom. The average molecular weight is 354 g/mol. The molecular formula is C20H18O6. The summed E-state index contributed by atoms with van der Waals surface area (Å²) in [6.07, 6.45) is 2.03. The molecule has 1 aromatic heterocycles. The normalized spacial score (nSPS) is 10.7. The molecule has 0 unspecified atom stereocenters. The van der Waals surface area contributed by atoms with Crippen LogP contribution in [0.15, 0.2) is 57.9 Å². The minimum Gasteiger partial charge on any atom is -0.493 e. The van der Waals surface area contributed by atoms with Gasteiger partial charge in [-0.1, -0.05) is 19.1 Å². The van der Waals surface area contributed by atoms with E-state index in [4.69, 9.17) is 19.0 Å². The van der Waals surface area contributed by atoms with Crippen molar-refractivity contribution in [2.24, 2.45) is 0 Å². The highest BCUT2D eigenvalue weighted by atomic mass is 16.5. The van der Waals surface area contributed by atoms with Crippen molar-refractivity contribution in [3.63, 3.8) is 0 Å². The molecule has 0 bridgehead atoms. The summed E-state index contributed by atoms with van der Waals surface area (Å²) in [6.45, 7) is 2.08. The van der Waals surface area contributed by atoms with E-state index in [0.29, 0.717) is 22.5 Å². The van der Waals surface area contributed by atoms with Crippen molar-refractivity contribution in [3.05, 3.63) is 64.5 Å². The second kappa shape index (κ2) is 7.74. The summed E-state index contributed by atoms with van der Waals surface area (Å²) < 4.78 is 16.5. The van der Waals surface area contributed by atoms with Gasteiger partial charge in [-0.05, 0) is 36.2 Å². The van der Waals surface area contributed by atoms with E-state index in [0.717, 1.165) is 12.0 Å². The zero-order valence-corrected chi connectivity index (χ0v) is 14.2. The van der Waals surface area contributed by atoms with Crippen LogP contribution in [0.1, 0.15) is 18.9 Å². The standard InChI is InChI=1S/C20H18O6/c1-2-13-4-3-5-15(10-13)26-18-12-25-17-11-14(24-9-8-19(21)22)6-7-16(17)20(18)23/h3-7,10-12H,2,8-9H2,1H3,(H,21,22). The van der Waals surface area contributed by atoms with E-state index in [2.05, 4.69) is 0 Å². The summed E-state index contributed by atoms with van der Waals surface area (Å²) in [6, 6.07) is 12.2. The summed E-state index contributed by atoms with van der Waals surface area (Å²) in [7, 11) is 0. The fourth-order valence-corrected chi connectivity index (χ4v) is 2.46. The van der Waals surface area contributed by atoms with Gasteiger partial charge in [0.2, 0.25) is 11.2 Å². The molecule has 0 spiro atoms. The lowest BCUT2D eigenvalue weighted by Gasteiger charge is -2.08. The Bertz CT molecular complexity index is 989. The van der Waals surface area contributed by atoms with Crippen molar-refractivity contribution in [3.8, 4) is 17.2 Å². The summed E-state index contributed by atoms with van der Waals surface area (Å²) in [5.41, 5.74) is 1.17. The van der Waals surface area contributed by atoms with Crippen LogP contribution in [0.2, 0.25) is 0 Å². The highest BCUT2D eigenvalue weighted by Gasteiger charge is 2.11. The summed E-state index contributed by atoms with van der Waals surface area (Å²) in [5.74, 6) is 0.174. The first-order chi connectivity index (χ1) is 12.6. The van der Waals surface area contributed by atoms with Crippen LogP contribution < -0.4 is 14.9 Å². The zero-order valence-electron chi connectivity index (χ0n) is 14.2. The number of carboxylic acid groups (broad SMARTS) is 1. The number of hydrogen-bond donors (Lipinski definition) is 1. The number of aliphatic carboxylic acids is 1. The van der Waals surface area contributed by atoms with Gasteiger partial charge < -0.3 is 19.0 Å². The highest BCUT2D eigenvalue weighted by molar-refractivity contribution is 5.79. The summed E-state index contributed by atoms with van der Waals surface area (Å²) in [5, 5.41) is 8.99. The molecule has 0 fully saturated rings. The number of aryl methyl sites for hydroxylation is 1. The van der Waals surface area contributed by atoms with Gasteiger partial charge in [0.15, 0.2) is 0 Å². The molecule has 0 aliphatic rings. The molecule has 0 aliphatic heterocycles. The van der Waals surface area contributed by atoms with Crippen LogP contribution in [0.25, 0.3) is 11.0 Å². The molecule has 26 heavy (non-hydrogen) atoms. The van der Waals surface area contributed by atoms with Crippen LogP contribution in [0.4, 0.5) is 0 Å². The number of benzene rings is 2. The van der Waals surface area contributed by atoms with Crippen molar-refractivity contribution in [2.75, 3.05) is 6.61 Å². The summed E-state index contributed by atoms with van der Waals surface area (Å²) in [4.78, 5) is 23.1. The van der Waals surface area contributed by atoms with Gasteiger partial charge >= 0.3 is 5.97 Å². The maximum atomic E-state index is 12.6. The third-order valence-electron chi connectivity index (χ3n) is 3.83. The maximum Gasteiger partial charge on any atom is 0.306 e. The lowest BCUT2D eigenvalue weighted by atomic mass is 10.2. The lowest BCUT2D eigenvalue weighted by molar-refractivity contribution is -0.137. The first-order valence-electron chi connectivity index (χ1n) is 8.24. The topological polar surface area (TPSA) is 86.0 Å². The fraction of sp³-hybridized carbons (Fsp3) is 0.200. The van der Waals surface area contributed by atoms with Crippen LogP contribution >= 0.6 is 0 Å². The molecule has 6 nitrogen and oxygen atoms in total. The second-order valence-corrected chi connectivity index (χ2v) is 5.68. The largest absolute Gasteiger partial charge is 0.493 e. The Morgan fingerprint density at radius 1 is 1.15 bits per heavy atom. The molecule has 0 amide bonds. The molecule has 0 saturated carbocycles. The number of ether oxygens (including phenoxy) is 2. The van der Waals surface area contributed by atoms with Crippen molar-refractivity contribution in [1.29, 1.82) is 0 Å². The highest BCUT2D eigenvalue weighted by Crippen LogP contribution is 2.24. The molecule has 3 aromatic rings. The minimum atomic E-state index is -0.939. The van der Waals surface area contributed by atoms with Gasteiger partial charge in [-0.15, -0.1) is 0 Å². The van der Waals surface area contributed by atoms with E-state index in [1.54, 1.807) is 24.3 Å². The predicted molar refractivity (Wildman–Crippen MR) is 96.1 cm³/mol. The first kappa shape index (κ1) is 17.5. The molecular weight excluding hydrogens is 336 g/mol. The van der Waals surface area contributed by atoms with Crippen LogP contribution in [0.5, 0.6) is 17.2 Å². The Hall–Kier alpha value is -3.28. The van der Waals surface area contributed by atoms with Gasteiger partial charge in [-0.2, -0.15) is 0 Å². The Labute approximate surface area is 149 Å². The molecule has 0 radical (unpaired) electrons. The Balaban J connectivity index is 1.84. The van der Waals surface area contributed by atoms with Gasteiger partial charge in [-0.25, -0.2) is 0 Å². The molecule has 3 rings (SSSR count). The van der Waals surface area contributed by atoms with Crippen LogP contribution in [-0.2, 0) is 11.2 Å². The molecule has 1 N–H and O–H groups in total. The monoisotopic (exact) mass is 354 g/mol. The quantitative estimate of drug-likeness (QED) is 0.690. The van der Waals surface area contributed by atoms with E-state index in [1.165, 1.54) is 6.26 Å². The second-order valence-electron chi connectivity index (χ2n) is 5.68. The SMILES string of the molecule is CCc1cccc(Oc2coc3cc(OCCC(=O)O)ccc3c2=O)c1. The van der Waals surface area contributed by atoms with E-state index in [-0.39, 0.29) is 24.2 Å². The van der Waals surface area contributed by atoms with Crippen LogP contribution in [0.3, 0.4) is 0 Å². The smallest absolute Gasteiger partial charge is 0.306 e. The number of carbonyl (C=O) groups is 1. The van der Waals surface area contributed by atoms with Gasteiger partial charge in [-0.3, -0.25) is 9.59 Å². The molecule has 0 aliphatic carbocycles. The van der Waals surface area contributed by atoms with Crippen molar-refractivity contribution >= 4 is 16.9 Å². The number of fused-ring (bicyclic) bond motifs is 1. The summed E-state index contributed by atoms with van der Waals surface area (Å²) >= 11 is 0. The Morgan fingerprint density at radius 2 is 2.00 bits per heavy atom. The van der Waals surface area contributed by atoms with Crippen molar-refractivity contribution < 1.29 is 23.8 Å².